The predicted octanol–water partition coefficient (Wildman–Crippen LogP) is 2.11. The molecule has 1 saturated carbocycles. The van der Waals surface area contributed by atoms with Gasteiger partial charge in [-0.1, -0.05) is 11.2 Å². The van der Waals surface area contributed by atoms with Gasteiger partial charge >= 0.3 is 6.01 Å². The molecule has 0 radical (unpaired) electrons. The van der Waals surface area contributed by atoms with Gasteiger partial charge in [0.15, 0.2) is 0 Å². The van der Waals surface area contributed by atoms with Crippen molar-refractivity contribution in [3.05, 3.63) is 35.5 Å². The number of alkyl halides is 1. The van der Waals surface area contributed by atoms with Gasteiger partial charge in [-0.25, -0.2) is 9.29 Å². The number of fused-ring (bicyclic) bond motifs is 1. The van der Waals surface area contributed by atoms with Crippen LogP contribution in [-0.4, -0.2) is 44.7 Å². The van der Waals surface area contributed by atoms with Crippen LogP contribution in [0.3, 0.4) is 0 Å². The molecule has 3 fully saturated rings. The Labute approximate surface area is 143 Å². The standard InChI is InChI=1S/C17H18FN5O2/c1-9-3-2-6-19-13(9)15-22-8-11(18)7-12(22)16(24)23(15)17-21-20-14(25-17)10-4-5-10/h2-3,6,10-12,15H,4-5,7-8H2,1H3/t11-,12+,15?/m0/s1. The van der Waals surface area contributed by atoms with Crippen molar-refractivity contribution in [2.24, 2.45) is 0 Å². The van der Waals surface area contributed by atoms with E-state index >= 15 is 0 Å². The van der Waals surface area contributed by atoms with Gasteiger partial charge < -0.3 is 4.42 Å². The van der Waals surface area contributed by atoms with Crippen LogP contribution >= 0.6 is 0 Å². The summed E-state index contributed by atoms with van der Waals surface area (Å²) < 4.78 is 19.8. The van der Waals surface area contributed by atoms with Crippen LogP contribution in [0.15, 0.2) is 22.7 Å². The molecule has 0 N–H and O–H groups in total. The van der Waals surface area contributed by atoms with Gasteiger partial charge in [0, 0.05) is 25.1 Å². The van der Waals surface area contributed by atoms with Gasteiger partial charge in [0.2, 0.25) is 11.8 Å². The van der Waals surface area contributed by atoms with Gasteiger partial charge in [-0.15, -0.1) is 5.10 Å². The summed E-state index contributed by atoms with van der Waals surface area (Å²) >= 11 is 0. The van der Waals surface area contributed by atoms with Crippen LogP contribution in [0.2, 0.25) is 0 Å². The number of halogens is 1. The van der Waals surface area contributed by atoms with Gasteiger partial charge in [-0.3, -0.25) is 14.7 Å². The van der Waals surface area contributed by atoms with Crippen molar-refractivity contribution in [2.45, 2.75) is 50.5 Å². The number of anilines is 1. The maximum absolute atomic E-state index is 14.0. The molecular weight excluding hydrogens is 325 g/mol. The molecule has 3 aliphatic rings. The van der Waals surface area contributed by atoms with E-state index in [1.807, 2.05) is 24.0 Å². The highest BCUT2D eigenvalue weighted by atomic mass is 19.1. The Morgan fingerprint density at radius 3 is 2.92 bits per heavy atom. The third-order valence-corrected chi connectivity index (χ3v) is 5.23. The summed E-state index contributed by atoms with van der Waals surface area (Å²) in [5.74, 6) is 0.694. The van der Waals surface area contributed by atoms with Crippen LogP contribution in [0.25, 0.3) is 0 Å². The third-order valence-electron chi connectivity index (χ3n) is 5.23. The second-order valence-corrected chi connectivity index (χ2v) is 7.03. The van der Waals surface area contributed by atoms with Crippen LogP contribution in [0.5, 0.6) is 0 Å². The van der Waals surface area contributed by atoms with E-state index in [0.717, 1.165) is 24.1 Å². The van der Waals surface area contributed by atoms with Gasteiger partial charge in [0.25, 0.3) is 0 Å². The first-order chi connectivity index (χ1) is 12.1. The van der Waals surface area contributed by atoms with E-state index in [1.54, 1.807) is 6.20 Å². The van der Waals surface area contributed by atoms with Crippen molar-refractivity contribution in [1.82, 2.24) is 20.1 Å². The number of nitrogens with zero attached hydrogens (tertiary/aromatic N) is 5. The fourth-order valence-corrected chi connectivity index (χ4v) is 3.82. The number of amides is 1. The Hall–Kier alpha value is -2.35. The van der Waals surface area contributed by atoms with Crippen molar-refractivity contribution in [3.63, 3.8) is 0 Å². The topological polar surface area (TPSA) is 75.4 Å². The number of aryl methyl sites for hydroxylation is 1. The number of hydrogen-bond acceptors (Lipinski definition) is 6. The second kappa shape index (κ2) is 5.32. The molecule has 4 heterocycles. The summed E-state index contributed by atoms with van der Waals surface area (Å²) in [6, 6.07) is 3.46. The fourth-order valence-electron chi connectivity index (χ4n) is 3.82. The molecule has 2 aromatic rings. The lowest BCUT2D eigenvalue weighted by atomic mass is 10.1. The number of pyridine rings is 1. The number of rotatable bonds is 3. The zero-order valence-corrected chi connectivity index (χ0v) is 13.8. The average molecular weight is 343 g/mol. The molecule has 1 amide bonds. The molecule has 3 atom stereocenters. The van der Waals surface area contributed by atoms with Gasteiger partial charge in [0.1, 0.15) is 12.3 Å². The molecule has 0 spiro atoms. The molecule has 8 heteroatoms. The Morgan fingerprint density at radius 2 is 2.16 bits per heavy atom. The van der Waals surface area contributed by atoms with E-state index < -0.39 is 18.4 Å². The highest BCUT2D eigenvalue weighted by Gasteiger charge is 2.54. The Bertz CT molecular complexity index is 836. The summed E-state index contributed by atoms with van der Waals surface area (Å²) in [5, 5.41) is 8.19. The first-order valence-corrected chi connectivity index (χ1v) is 8.61. The summed E-state index contributed by atoms with van der Waals surface area (Å²) in [5.41, 5.74) is 1.66. The first kappa shape index (κ1) is 14.9. The normalized spacial score (nSPS) is 29.4. The Balaban J connectivity index is 1.59. The lowest BCUT2D eigenvalue weighted by Crippen LogP contribution is -2.35. The molecule has 1 unspecified atom stereocenters. The van der Waals surface area contributed by atoms with Crippen molar-refractivity contribution >= 4 is 11.9 Å². The van der Waals surface area contributed by atoms with Crippen LogP contribution in [0, 0.1) is 6.92 Å². The Morgan fingerprint density at radius 1 is 1.32 bits per heavy atom. The number of aromatic nitrogens is 3. The first-order valence-electron chi connectivity index (χ1n) is 8.61. The van der Waals surface area contributed by atoms with E-state index in [1.165, 1.54) is 4.90 Å². The molecule has 2 aromatic heterocycles. The summed E-state index contributed by atoms with van der Waals surface area (Å²) in [6.45, 7) is 2.14. The maximum atomic E-state index is 14.0. The highest BCUT2D eigenvalue weighted by Crippen LogP contribution is 2.45. The van der Waals surface area contributed by atoms with E-state index in [4.69, 9.17) is 4.42 Å². The van der Waals surface area contributed by atoms with Gasteiger partial charge in [-0.05, 0) is 31.4 Å². The van der Waals surface area contributed by atoms with E-state index in [2.05, 4.69) is 15.2 Å². The van der Waals surface area contributed by atoms with Gasteiger partial charge in [0.05, 0.1) is 11.7 Å². The second-order valence-electron chi connectivity index (χ2n) is 7.03. The quantitative estimate of drug-likeness (QED) is 0.850. The molecule has 1 aliphatic carbocycles. The SMILES string of the molecule is Cc1cccnc1C1N(c2nnc(C3CC3)o2)C(=O)[C@H]2C[C@H](F)CN12. The van der Waals surface area contributed by atoms with E-state index in [-0.39, 0.29) is 24.9 Å². The molecule has 5 rings (SSSR count). The summed E-state index contributed by atoms with van der Waals surface area (Å²) in [7, 11) is 0. The number of carbonyl (C=O) groups excluding carboxylic acids is 1. The molecule has 2 saturated heterocycles. The van der Waals surface area contributed by atoms with Crippen molar-refractivity contribution in [3.8, 4) is 0 Å². The molecule has 2 aliphatic heterocycles. The molecule has 130 valence electrons. The van der Waals surface area contributed by atoms with Crippen molar-refractivity contribution in [1.29, 1.82) is 0 Å². The molecule has 0 aromatic carbocycles. The zero-order valence-electron chi connectivity index (χ0n) is 13.8. The lowest BCUT2D eigenvalue weighted by molar-refractivity contribution is -0.119. The largest absolute Gasteiger partial charge is 0.407 e. The monoisotopic (exact) mass is 343 g/mol. The minimum absolute atomic E-state index is 0.187. The van der Waals surface area contributed by atoms with Gasteiger partial charge in [-0.2, -0.15) is 0 Å². The molecular formula is C17H18FN5O2. The number of hydrogen-bond donors (Lipinski definition) is 0. The summed E-state index contributed by atoms with van der Waals surface area (Å²) in [6.07, 6.45) is 2.44. The van der Waals surface area contributed by atoms with Crippen molar-refractivity contribution < 1.29 is 13.6 Å². The lowest BCUT2D eigenvalue weighted by Gasteiger charge is -2.27. The Kier molecular flexibility index (Phi) is 3.18. The minimum atomic E-state index is -1.01. The third kappa shape index (κ3) is 2.27. The van der Waals surface area contributed by atoms with Crippen LogP contribution in [0.4, 0.5) is 10.4 Å². The minimum Gasteiger partial charge on any atom is -0.407 e. The van der Waals surface area contributed by atoms with Crippen molar-refractivity contribution in [2.75, 3.05) is 11.4 Å². The van der Waals surface area contributed by atoms with Crippen LogP contribution in [-0.2, 0) is 4.79 Å². The maximum Gasteiger partial charge on any atom is 0.326 e. The van der Waals surface area contributed by atoms with Crippen LogP contribution in [0.1, 0.15) is 48.5 Å². The van der Waals surface area contributed by atoms with E-state index in [9.17, 15) is 9.18 Å². The molecule has 7 nitrogen and oxygen atoms in total. The number of carbonyl (C=O) groups is 1. The fraction of sp³-hybridized carbons (Fsp3) is 0.529. The summed E-state index contributed by atoms with van der Waals surface area (Å²) in [4.78, 5) is 20.8. The molecule has 0 bridgehead atoms. The average Bonchev–Trinajstić information content (AvgIpc) is 3.11. The molecule has 25 heavy (non-hydrogen) atoms. The highest BCUT2D eigenvalue weighted by molar-refractivity contribution is 5.98. The smallest absolute Gasteiger partial charge is 0.326 e. The van der Waals surface area contributed by atoms with E-state index in [0.29, 0.717) is 11.8 Å². The zero-order chi connectivity index (χ0) is 17.1. The predicted molar refractivity (Wildman–Crippen MR) is 85.5 cm³/mol. The van der Waals surface area contributed by atoms with Crippen LogP contribution < -0.4 is 4.90 Å².